The third-order valence-electron chi connectivity index (χ3n) is 1.90. The molecule has 0 bridgehead atoms. The van der Waals surface area contributed by atoms with Gasteiger partial charge in [-0.1, -0.05) is 18.2 Å². The molecule has 5 heteroatoms. The Morgan fingerprint density at radius 3 is 2.26 bits per heavy atom. The summed E-state index contributed by atoms with van der Waals surface area (Å²) in [5.74, 6) is 0. The van der Waals surface area contributed by atoms with E-state index in [0.717, 1.165) is 5.69 Å². The molecule has 2 aromatic rings. The van der Waals surface area contributed by atoms with E-state index in [1.165, 1.54) is 10.8 Å². The maximum absolute atomic E-state index is 6.10. The van der Waals surface area contributed by atoms with Crippen LogP contribution in [0.15, 0.2) is 41.4 Å². The first kappa shape index (κ1) is 25.6. The standard InChI is InChI=1S/C12H9N.C2H5N.3Y/c1-2-13-12-8-7-10-5-3-4-6-11(10)9-12;1-2-3;;;/h3-7,9H,1H3;3H,1-2H2;;;/q2*-2;;;. The van der Waals surface area contributed by atoms with Gasteiger partial charge in [0, 0.05) is 98.1 Å². The second kappa shape index (κ2) is 16.0. The molecule has 19 heavy (non-hydrogen) atoms. The Kier molecular flexibility index (Phi) is 21.6. The summed E-state index contributed by atoms with van der Waals surface area (Å²) in [7, 11) is 0. The summed E-state index contributed by atoms with van der Waals surface area (Å²) < 4.78 is 0. The molecule has 0 aliphatic heterocycles. The molecule has 0 atom stereocenters. The zero-order valence-corrected chi connectivity index (χ0v) is 19.6. The van der Waals surface area contributed by atoms with Crippen LogP contribution in [0.2, 0.25) is 0 Å². The Labute approximate surface area is 191 Å². The molecule has 0 aliphatic carbocycles. The molecule has 93 valence electrons. The van der Waals surface area contributed by atoms with Crippen molar-refractivity contribution in [3.8, 4) is 0 Å². The van der Waals surface area contributed by atoms with E-state index in [2.05, 4.69) is 36.3 Å². The zero-order chi connectivity index (χ0) is 11.8. The van der Waals surface area contributed by atoms with Crippen LogP contribution in [0.4, 0.5) is 5.69 Å². The van der Waals surface area contributed by atoms with Crippen LogP contribution >= 0.6 is 0 Å². The van der Waals surface area contributed by atoms with Crippen molar-refractivity contribution in [2.75, 3.05) is 6.54 Å². The van der Waals surface area contributed by atoms with Gasteiger partial charge in [0.1, 0.15) is 0 Å². The smallest absolute Gasteiger partial charge is 0 e. The summed E-state index contributed by atoms with van der Waals surface area (Å²) in [5, 5.41) is 2.38. The molecule has 1 N–H and O–H groups in total. The molecule has 0 aromatic heterocycles. The third-order valence-corrected chi connectivity index (χ3v) is 1.90. The molecule has 0 saturated carbocycles. The Balaban J connectivity index is -0.000000393. The minimum Gasteiger partial charge on any atom is -0.704 e. The predicted octanol–water partition coefficient (Wildman–Crippen LogP) is 4.10. The van der Waals surface area contributed by atoms with Gasteiger partial charge in [0.05, 0.1) is 0 Å². The van der Waals surface area contributed by atoms with E-state index < -0.39 is 0 Å². The van der Waals surface area contributed by atoms with Gasteiger partial charge in [-0.05, 0) is 0 Å². The molecule has 2 nitrogen and oxygen atoms in total. The number of nitrogens with one attached hydrogen (secondary N) is 1. The molecule has 0 saturated heterocycles. The van der Waals surface area contributed by atoms with Gasteiger partial charge in [0.15, 0.2) is 0 Å². The molecule has 0 aliphatic rings. The topological polar surface area (TPSA) is 36.2 Å². The van der Waals surface area contributed by atoms with Crippen LogP contribution in [0, 0.1) is 13.0 Å². The van der Waals surface area contributed by atoms with Crippen molar-refractivity contribution < 1.29 is 98.1 Å². The first-order chi connectivity index (χ1) is 7.81. The monoisotopic (exact) mass is 477 g/mol. The fourth-order valence-corrected chi connectivity index (χ4v) is 1.30. The number of rotatable bonds is 1. The number of hydrogen-bond donors (Lipinski definition) is 0. The molecule has 2 rings (SSSR count). The second-order valence-electron chi connectivity index (χ2n) is 3.03. The van der Waals surface area contributed by atoms with Crippen molar-refractivity contribution in [3.63, 3.8) is 0 Å². The minimum atomic E-state index is 0. The minimum absolute atomic E-state index is 0. The van der Waals surface area contributed by atoms with Gasteiger partial charge in [-0.15, -0.1) is 23.8 Å². The Bertz CT molecular complexity index is 473. The van der Waals surface area contributed by atoms with Gasteiger partial charge >= 0.3 is 0 Å². The van der Waals surface area contributed by atoms with Gasteiger partial charge < -0.3 is 17.6 Å². The number of nitrogens with zero attached hydrogens (tertiary/aromatic N) is 1. The van der Waals surface area contributed by atoms with E-state index in [1.54, 1.807) is 6.92 Å². The summed E-state index contributed by atoms with van der Waals surface area (Å²) in [6.45, 7) is 5.18. The SMILES string of the molecule is C[C-]=Nc1[c-]cc2ccccc2c1.[CH2-]C[NH-].[Y].[Y].[Y]. The first-order valence-corrected chi connectivity index (χ1v) is 5.03. The molecule has 0 unspecified atom stereocenters. The fourth-order valence-electron chi connectivity index (χ4n) is 1.30. The number of hydrogen-bond acceptors (Lipinski definition) is 1. The average Bonchev–Trinajstić information content (AvgIpc) is 2.30. The molecule has 3 radical (unpaired) electrons. The van der Waals surface area contributed by atoms with Crippen LogP contribution in [0.25, 0.3) is 16.5 Å². The molecular formula is C14H14N2Y3-4. The van der Waals surface area contributed by atoms with Gasteiger partial charge in [-0.3, -0.25) is 12.6 Å². The largest absolute Gasteiger partial charge is 0.704 e. The van der Waals surface area contributed by atoms with Crippen molar-refractivity contribution in [3.05, 3.63) is 55.1 Å². The van der Waals surface area contributed by atoms with E-state index >= 15 is 0 Å². The van der Waals surface area contributed by atoms with Crippen molar-refractivity contribution in [2.24, 2.45) is 4.99 Å². The summed E-state index contributed by atoms with van der Waals surface area (Å²) in [5.41, 5.74) is 6.93. The average molecular weight is 477 g/mol. The summed E-state index contributed by atoms with van der Waals surface area (Å²) in [4.78, 5) is 4.05. The van der Waals surface area contributed by atoms with Gasteiger partial charge in [-0.2, -0.15) is 12.3 Å². The van der Waals surface area contributed by atoms with Crippen LogP contribution in [0.1, 0.15) is 6.92 Å². The maximum Gasteiger partial charge on any atom is 0 e. The van der Waals surface area contributed by atoms with Gasteiger partial charge in [0.2, 0.25) is 0 Å². The predicted molar refractivity (Wildman–Crippen MR) is 70.1 cm³/mol. The quantitative estimate of drug-likeness (QED) is 0.439. The van der Waals surface area contributed by atoms with Crippen molar-refractivity contribution in [1.29, 1.82) is 0 Å². The third kappa shape index (κ3) is 10.1. The van der Waals surface area contributed by atoms with Gasteiger partial charge in [-0.25, -0.2) is 11.8 Å². The molecule has 0 spiro atoms. The van der Waals surface area contributed by atoms with E-state index in [-0.39, 0.29) is 105 Å². The van der Waals surface area contributed by atoms with Crippen molar-refractivity contribution >= 4 is 22.7 Å². The fraction of sp³-hybridized carbons (Fsp3) is 0.143. The Morgan fingerprint density at radius 1 is 1.21 bits per heavy atom. The van der Waals surface area contributed by atoms with Gasteiger partial charge in [0.25, 0.3) is 0 Å². The van der Waals surface area contributed by atoms with E-state index in [1.807, 2.05) is 24.3 Å². The maximum atomic E-state index is 6.10. The second-order valence-corrected chi connectivity index (χ2v) is 3.03. The first-order valence-electron chi connectivity index (χ1n) is 5.03. The number of benzene rings is 2. The molecule has 0 fully saturated rings. The van der Waals surface area contributed by atoms with Crippen molar-refractivity contribution in [2.45, 2.75) is 6.92 Å². The molecular weight excluding hydrogens is 463 g/mol. The van der Waals surface area contributed by atoms with Crippen LogP contribution in [0.3, 0.4) is 0 Å². The summed E-state index contributed by atoms with van der Waals surface area (Å²) >= 11 is 0. The van der Waals surface area contributed by atoms with Crippen LogP contribution in [-0.2, 0) is 98.1 Å². The van der Waals surface area contributed by atoms with E-state index in [4.69, 9.17) is 5.73 Å². The molecule has 0 heterocycles. The van der Waals surface area contributed by atoms with Crippen LogP contribution in [0.5, 0.6) is 0 Å². The van der Waals surface area contributed by atoms with E-state index in [9.17, 15) is 0 Å². The number of fused-ring (bicyclic) bond motifs is 1. The molecule has 2 aromatic carbocycles. The molecule has 0 amide bonds. The Hall–Kier alpha value is 1.64. The number of aliphatic imine (C=N–C) groups is 1. The van der Waals surface area contributed by atoms with E-state index in [0.29, 0.717) is 0 Å². The Morgan fingerprint density at radius 2 is 1.74 bits per heavy atom. The van der Waals surface area contributed by atoms with Crippen molar-refractivity contribution in [1.82, 2.24) is 0 Å². The van der Waals surface area contributed by atoms with Crippen LogP contribution < -0.4 is 0 Å². The summed E-state index contributed by atoms with van der Waals surface area (Å²) in [6, 6.07) is 15.2. The summed E-state index contributed by atoms with van der Waals surface area (Å²) in [6.07, 6.45) is 2.74. The van der Waals surface area contributed by atoms with Crippen LogP contribution in [-0.4, -0.2) is 12.8 Å². The zero-order valence-electron chi connectivity index (χ0n) is 11.1. The normalized spacial score (nSPS) is 8.58.